The molecule has 2 aliphatic rings. The van der Waals surface area contributed by atoms with E-state index in [1.54, 1.807) is 4.90 Å². The van der Waals surface area contributed by atoms with Gasteiger partial charge in [-0.05, 0) is 17.2 Å². The molecule has 2 aliphatic heterocycles. The van der Waals surface area contributed by atoms with Gasteiger partial charge in [-0.1, -0.05) is 12.1 Å². The summed E-state index contributed by atoms with van der Waals surface area (Å²) < 4.78 is 0. The number of anilines is 1. The highest BCUT2D eigenvalue weighted by molar-refractivity contribution is 5.99. The molecule has 0 spiro atoms. The van der Waals surface area contributed by atoms with E-state index in [1.165, 1.54) is 0 Å². The standard InChI is InChI=1S/C15H16N2O3/c18-12-3-5-17(6-4-12)15(20)8-10-1-2-13-11(7-10)9-14(19)16-13/h1-2,7H,3-6,8-9H2,(H,16,19). The molecule has 5 heteroatoms. The first-order valence-corrected chi connectivity index (χ1v) is 6.83. The number of fused-ring (bicyclic) bond motifs is 1. The number of Topliss-reactive ketones (excluding diaryl/α,β-unsaturated/α-hetero) is 1. The molecular weight excluding hydrogens is 256 g/mol. The zero-order valence-electron chi connectivity index (χ0n) is 11.1. The Morgan fingerprint density at radius 3 is 2.70 bits per heavy atom. The third-order valence-electron chi connectivity index (χ3n) is 3.82. The highest BCUT2D eigenvalue weighted by atomic mass is 16.2. The molecule has 1 N–H and O–H groups in total. The molecule has 0 unspecified atom stereocenters. The Labute approximate surface area is 116 Å². The monoisotopic (exact) mass is 272 g/mol. The lowest BCUT2D eigenvalue weighted by atomic mass is 10.0. The number of ketones is 1. The van der Waals surface area contributed by atoms with E-state index in [0.717, 1.165) is 16.8 Å². The minimum Gasteiger partial charge on any atom is -0.342 e. The van der Waals surface area contributed by atoms with Gasteiger partial charge in [-0.25, -0.2) is 0 Å². The Morgan fingerprint density at radius 1 is 1.20 bits per heavy atom. The number of hydrogen-bond donors (Lipinski definition) is 1. The quantitative estimate of drug-likeness (QED) is 0.870. The van der Waals surface area contributed by atoms with Crippen molar-refractivity contribution in [1.29, 1.82) is 0 Å². The van der Waals surface area contributed by atoms with Crippen LogP contribution in [0, 0.1) is 0 Å². The predicted molar refractivity (Wildman–Crippen MR) is 73.3 cm³/mol. The molecule has 0 saturated carbocycles. The number of carbonyl (C=O) groups is 3. The molecule has 2 heterocycles. The van der Waals surface area contributed by atoms with Crippen molar-refractivity contribution in [3.63, 3.8) is 0 Å². The fourth-order valence-corrected chi connectivity index (χ4v) is 2.68. The minimum absolute atomic E-state index is 0.00183. The van der Waals surface area contributed by atoms with E-state index in [9.17, 15) is 14.4 Å². The molecule has 0 bridgehead atoms. The SMILES string of the molecule is O=C1CCN(C(=O)Cc2ccc3c(c2)CC(=O)N3)CC1. The molecule has 1 aromatic carbocycles. The number of nitrogens with zero attached hydrogens (tertiary/aromatic N) is 1. The van der Waals surface area contributed by atoms with Gasteiger partial charge in [0.05, 0.1) is 12.8 Å². The van der Waals surface area contributed by atoms with Crippen LogP contribution in [0.15, 0.2) is 18.2 Å². The van der Waals surface area contributed by atoms with Crippen molar-refractivity contribution in [2.45, 2.75) is 25.7 Å². The van der Waals surface area contributed by atoms with E-state index in [0.29, 0.717) is 38.8 Å². The first-order valence-electron chi connectivity index (χ1n) is 6.83. The van der Waals surface area contributed by atoms with Crippen LogP contribution >= 0.6 is 0 Å². The number of likely N-dealkylation sites (tertiary alicyclic amines) is 1. The van der Waals surface area contributed by atoms with Crippen LogP contribution in [0.1, 0.15) is 24.0 Å². The van der Waals surface area contributed by atoms with E-state index in [4.69, 9.17) is 0 Å². The van der Waals surface area contributed by atoms with Gasteiger partial charge in [-0.3, -0.25) is 14.4 Å². The van der Waals surface area contributed by atoms with Crippen LogP contribution in [0.3, 0.4) is 0 Å². The summed E-state index contributed by atoms with van der Waals surface area (Å²) in [6, 6.07) is 5.64. The predicted octanol–water partition coefficient (Wildman–Crippen LogP) is 0.915. The summed E-state index contributed by atoms with van der Waals surface area (Å²) in [5.41, 5.74) is 2.71. The summed E-state index contributed by atoms with van der Waals surface area (Å²) in [6.45, 7) is 1.06. The van der Waals surface area contributed by atoms with Crippen molar-refractivity contribution in [1.82, 2.24) is 4.90 Å². The highest BCUT2D eigenvalue weighted by Crippen LogP contribution is 2.24. The number of hydrogen-bond acceptors (Lipinski definition) is 3. The van der Waals surface area contributed by atoms with E-state index >= 15 is 0 Å². The Hall–Kier alpha value is -2.17. The zero-order chi connectivity index (χ0) is 14.1. The van der Waals surface area contributed by atoms with Gasteiger partial charge in [-0.2, -0.15) is 0 Å². The summed E-state index contributed by atoms with van der Waals surface area (Å²) in [5, 5.41) is 2.77. The van der Waals surface area contributed by atoms with Crippen molar-refractivity contribution in [3.8, 4) is 0 Å². The maximum absolute atomic E-state index is 12.2. The molecule has 5 nitrogen and oxygen atoms in total. The van der Waals surface area contributed by atoms with Gasteiger partial charge in [0.15, 0.2) is 0 Å². The maximum Gasteiger partial charge on any atom is 0.228 e. The van der Waals surface area contributed by atoms with Gasteiger partial charge in [-0.15, -0.1) is 0 Å². The summed E-state index contributed by atoms with van der Waals surface area (Å²) in [5.74, 6) is 0.281. The smallest absolute Gasteiger partial charge is 0.228 e. The molecule has 20 heavy (non-hydrogen) atoms. The van der Waals surface area contributed by atoms with Crippen molar-refractivity contribution < 1.29 is 14.4 Å². The van der Waals surface area contributed by atoms with Gasteiger partial charge in [0, 0.05) is 31.6 Å². The van der Waals surface area contributed by atoms with Gasteiger partial charge in [0.25, 0.3) is 0 Å². The third-order valence-corrected chi connectivity index (χ3v) is 3.82. The van der Waals surface area contributed by atoms with Crippen molar-refractivity contribution >= 4 is 23.3 Å². The Bertz CT molecular complexity index is 585. The second-order valence-corrected chi connectivity index (χ2v) is 5.31. The van der Waals surface area contributed by atoms with Gasteiger partial charge in [0.2, 0.25) is 11.8 Å². The van der Waals surface area contributed by atoms with E-state index in [2.05, 4.69) is 5.32 Å². The van der Waals surface area contributed by atoms with Gasteiger partial charge >= 0.3 is 0 Å². The van der Waals surface area contributed by atoms with Crippen LogP contribution in [0.2, 0.25) is 0 Å². The van der Waals surface area contributed by atoms with Crippen LogP contribution in [-0.4, -0.2) is 35.6 Å². The van der Waals surface area contributed by atoms with E-state index in [1.807, 2.05) is 18.2 Å². The zero-order valence-corrected chi connectivity index (χ0v) is 11.1. The second kappa shape index (κ2) is 5.07. The first kappa shape index (κ1) is 12.8. The fraction of sp³-hybridized carbons (Fsp3) is 0.400. The summed E-state index contributed by atoms with van der Waals surface area (Å²) >= 11 is 0. The molecule has 0 aromatic heterocycles. The fourth-order valence-electron chi connectivity index (χ4n) is 2.68. The normalized spacial score (nSPS) is 17.9. The molecule has 0 atom stereocenters. The summed E-state index contributed by atoms with van der Waals surface area (Å²) in [4.78, 5) is 36.4. The van der Waals surface area contributed by atoms with E-state index < -0.39 is 0 Å². The van der Waals surface area contributed by atoms with Crippen LogP contribution < -0.4 is 5.32 Å². The lowest BCUT2D eigenvalue weighted by molar-refractivity contribution is -0.133. The Kier molecular flexibility index (Phi) is 3.26. The molecule has 2 amide bonds. The van der Waals surface area contributed by atoms with Crippen LogP contribution in [0.4, 0.5) is 5.69 Å². The number of nitrogens with one attached hydrogen (secondary N) is 1. The maximum atomic E-state index is 12.2. The molecule has 1 fully saturated rings. The molecule has 0 radical (unpaired) electrons. The Morgan fingerprint density at radius 2 is 1.95 bits per heavy atom. The van der Waals surface area contributed by atoms with Crippen LogP contribution in [-0.2, 0) is 27.2 Å². The van der Waals surface area contributed by atoms with Gasteiger partial charge < -0.3 is 10.2 Å². The molecule has 1 aromatic rings. The average Bonchev–Trinajstić information content (AvgIpc) is 2.78. The molecule has 104 valence electrons. The van der Waals surface area contributed by atoms with Crippen LogP contribution in [0.25, 0.3) is 0 Å². The second-order valence-electron chi connectivity index (χ2n) is 5.31. The lowest BCUT2D eigenvalue weighted by Gasteiger charge is -2.26. The van der Waals surface area contributed by atoms with Gasteiger partial charge in [0.1, 0.15) is 5.78 Å². The topological polar surface area (TPSA) is 66.5 Å². The molecule has 0 aliphatic carbocycles. The average molecular weight is 272 g/mol. The molecular formula is C15H16N2O3. The van der Waals surface area contributed by atoms with E-state index in [-0.39, 0.29) is 17.6 Å². The number of piperidine rings is 1. The largest absolute Gasteiger partial charge is 0.342 e. The van der Waals surface area contributed by atoms with Crippen LogP contribution in [0.5, 0.6) is 0 Å². The van der Waals surface area contributed by atoms with Crippen molar-refractivity contribution in [3.05, 3.63) is 29.3 Å². The minimum atomic E-state index is -0.00183. The third kappa shape index (κ3) is 2.57. The summed E-state index contributed by atoms with van der Waals surface area (Å²) in [6.07, 6.45) is 1.65. The molecule has 3 rings (SSSR count). The number of carbonyl (C=O) groups excluding carboxylic acids is 3. The summed E-state index contributed by atoms with van der Waals surface area (Å²) in [7, 11) is 0. The highest BCUT2D eigenvalue weighted by Gasteiger charge is 2.22. The molecule has 1 saturated heterocycles. The number of amides is 2. The van der Waals surface area contributed by atoms with Crippen molar-refractivity contribution in [2.24, 2.45) is 0 Å². The Balaban J connectivity index is 1.66. The van der Waals surface area contributed by atoms with Crippen molar-refractivity contribution in [2.75, 3.05) is 18.4 Å². The lowest BCUT2D eigenvalue weighted by Crippen LogP contribution is -2.39. The number of benzene rings is 1. The first-order chi connectivity index (χ1) is 9.61. The number of rotatable bonds is 2.